The molecular weight excluding hydrogens is 1250 g/mol. The SMILES string of the molecule is [2H]c1c([2H])c(-c2cccc(-c3ccccc3)c2N2c3cc(-n4c5ccc(C(C)(C)C)cc5c5cc(C(C)(C)C)ccc54)ccc3B3c4ccc(-c5cc(C(C)(C)C)cc(C(C)(C)C)c5)cc4N(c4cc(-n5c6ccccc6c6ccccc65)ccc4C#N)c4cc(C(C)(C)C)cc2c43)c([2H])c(C(C)(C)C)c1[2H]. The molecule has 2 aliphatic heterocycles. The number of para-hydroxylation sites is 3. The maximum Gasteiger partial charge on any atom is 0.252 e. The summed E-state index contributed by atoms with van der Waals surface area (Å²) < 4.78 is 44.7. The number of rotatable bonds is 7. The van der Waals surface area contributed by atoms with Crippen LogP contribution in [0.3, 0.4) is 0 Å². The van der Waals surface area contributed by atoms with Gasteiger partial charge in [-0.3, -0.25) is 0 Å². The van der Waals surface area contributed by atoms with Crippen LogP contribution in [0, 0.1) is 11.3 Å². The Balaban J connectivity index is 1.09. The van der Waals surface area contributed by atoms with Gasteiger partial charge in [0.15, 0.2) is 0 Å². The summed E-state index contributed by atoms with van der Waals surface area (Å²) in [5, 5.41) is 16.6. The highest BCUT2D eigenvalue weighted by molar-refractivity contribution is 7.00. The highest BCUT2D eigenvalue weighted by Crippen LogP contribution is 2.53. The molecular formula is C97H94BN5. The zero-order chi connectivity index (χ0) is 75.8. The Morgan fingerprint density at radius 2 is 0.796 bits per heavy atom. The van der Waals surface area contributed by atoms with E-state index < -0.39 is 17.5 Å². The van der Waals surface area contributed by atoms with E-state index in [2.05, 4.69) is 323 Å². The summed E-state index contributed by atoms with van der Waals surface area (Å²) in [6, 6.07) is 82.7. The molecule has 0 fully saturated rings. The predicted octanol–water partition coefficient (Wildman–Crippen LogP) is 24.6. The van der Waals surface area contributed by atoms with Crippen molar-refractivity contribution in [2.45, 2.75) is 157 Å². The van der Waals surface area contributed by atoms with Crippen molar-refractivity contribution >= 4 is 101 Å². The topological polar surface area (TPSA) is 40.1 Å². The van der Waals surface area contributed by atoms with Crippen molar-refractivity contribution in [3.63, 3.8) is 0 Å². The van der Waals surface area contributed by atoms with E-state index in [0.717, 1.165) is 123 Å². The average Bonchev–Trinajstić information content (AvgIpc) is 0.967. The van der Waals surface area contributed by atoms with Gasteiger partial charge in [-0.15, -0.1) is 0 Å². The molecule has 0 unspecified atom stereocenters. The third-order valence-electron chi connectivity index (χ3n) is 21.8. The summed E-state index contributed by atoms with van der Waals surface area (Å²) in [6.45, 7) is 39.9. The van der Waals surface area contributed by atoms with Crippen molar-refractivity contribution in [1.29, 1.82) is 5.26 Å². The van der Waals surface area contributed by atoms with Gasteiger partial charge in [0.1, 0.15) is 6.07 Å². The van der Waals surface area contributed by atoms with Gasteiger partial charge in [0.2, 0.25) is 0 Å². The second-order valence-electron chi connectivity index (χ2n) is 35.1. The Labute approximate surface area is 616 Å². The fraction of sp³-hybridized carbons (Fsp3) is 0.247. The Morgan fingerprint density at radius 3 is 1.34 bits per heavy atom. The molecule has 14 aromatic rings. The number of nitriles is 1. The van der Waals surface area contributed by atoms with Crippen LogP contribution in [0.15, 0.2) is 243 Å². The van der Waals surface area contributed by atoms with E-state index in [1.165, 1.54) is 33.0 Å². The standard InChI is InChI=1S/C97H94BN5/c1-92(2,3)65-31-26-30-62(48-65)74-35-27-34-73(60-28-20-19-21-29-60)91(74)103-87-58-72(101-83-46-40-66(93(4,5)6)53-77(83)78-54-67(94(7,8)9)41-47-84(78)101)43-45-80(87)98-79-44-39-61(64-49-68(95(10,11)12)52-69(50-64)96(13,14)15)51-86(79)102(88-55-70(97(16,17)18)56-89(103)90(88)98)85-57-71(42-38-63(85)59-99)100-81-36-24-22-32-75(81)76-33-23-25-37-82(76)100/h19-58H,1-18H3/i26D,30D,31D,48D. The molecule has 0 bridgehead atoms. The van der Waals surface area contributed by atoms with Crippen LogP contribution in [0.2, 0.25) is 0 Å². The van der Waals surface area contributed by atoms with Crippen LogP contribution in [0.1, 0.15) is 169 Å². The summed E-state index contributed by atoms with van der Waals surface area (Å²) in [4.78, 5) is 4.86. The molecule has 0 spiro atoms. The van der Waals surface area contributed by atoms with Gasteiger partial charge in [-0.1, -0.05) is 282 Å². The molecule has 103 heavy (non-hydrogen) atoms. The van der Waals surface area contributed by atoms with Crippen LogP contribution in [-0.4, -0.2) is 15.8 Å². The fourth-order valence-electron chi connectivity index (χ4n) is 16.0. The van der Waals surface area contributed by atoms with E-state index in [-0.39, 0.29) is 45.8 Å². The second kappa shape index (κ2) is 23.7. The first-order chi connectivity index (χ1) is 50.5. The number of nitrogens with zero attached hydrogens (tertiary/aromatic N) is 5. The maximum atomic E-state index is 11.9. The number of fused-ring (bicyclic) bond motifs is 10. The molecule has 6 heteroatoms. The lowest BCUT2D eigenvalue weighted by molar-refractivity contribution is 0.569. The minimum absolute atomic E-state index is 0.0598. The Kier molecular flexibility index (Phi) is 14.3. The number of hydrogen-bond acceptors (Lipinski definition) is 3. The van der Waals surface area contributed by atoms with E-state index in [4.69, 9.17) is 0 Å². The molecule has 5 nitrogen and oxygen atoms in total. The quantitative estimate of drug-likeness (QED) is 0.149. The van der Waals surface area contributed by atoms with Crippen molar-refractivity contribution in [2.75, 3.05) is 9.80 Å². The van der Waals surface area contributed by atoms with E-state index in [1.807, 2.05) is 45.0 Å². The van der Waals surface area contributed by atoms with Crippen molar-refractivity contribution in [3.05, 3.63) is 282 Å². The van der Waals surface area contributed by atoms with Gasteiger partial charge in [0.25, 0.3) is 6.71 Å². The first-order valence-corrected chi connectivity index (χ1v) is 36.7. The molecule has 0 amide bonds. The summed E-state index contributed by atoms with van der Waals surface area (Å²) in [5.74, 6) is 0. The molecule has 0 N–H and O–H groups in total. The summed E-state index contributed by atoms with van der Waals surface area (Å²) in [5.41, 5.74) is 24.6. The smallest absolute Gasteiger partial charge is 0.252 e. The van der Waals surface area contributed by atoms with Crippen LogP contribution >= 0.6 is 0 Å². The van der Waals surface area contributed by atoms with Gasteiger partial charge in [-0.2, -0.15) is 5.26 Å². The van der Waals surface area contributed by atoms with E-state index in [1.54, 1.807) is 0 Å². The van der Waals surface area contributed by atoms with Crippen molar-refractivity contribution in [2.24, 2.45) is 0 Å². The van der Waals surface area contributed by atoms with Crippen LogP contribution in [0.25, 0.3) is 88.4 Å². The van der Waals surface area contributed by atoms with Gasteiger partial charge in [0, 0.05) is 66.8 Å². The lowest BCUT2D eigenvalue weighted by atomic mass is 9.33. The number of benzene rings is 12. The van der Waals surface area contributed by atoms with Crippen molar-refractivity contribution in [1.82, 2.24) is 9.13 Å². The summed E-state index contributed by atoms with van der Waals surface area (Å²) in [6.07, 6.45) is 0. The monoisotopic (exact) mass is 1340 g/mol. The van der Waals surface area contributed by atoms with E-state index in [9.17, 15) is 10.7 Å². The molecule has 0 aliphatic carbocycles. The molecule has 2 aromatic heterocycles. The molecule has 16 rings (SSSR count). The minimum atomic E-state index is -0.727. The van der Waals surface area contributed by atoms with Gasteiger partial charge in [-0.25, -0.2) is 0 Å². The largest absolute Gasteiger partial charge is 0.310 e. The van der Waals surface area contributed by atoms with Crippen molar-refractivity contribution in [3.8, 4) is 50.8 Å². The van der Waals surface area contributed by atoms with Crippen LogP contribution in [0.4, 0.5) is 34.1 Å². The van der Waals surface area contributed by atoms with Crippen LogP contribution in [-0.2, 0) is 32.5 Å². The maximum absolute atomic E-state index is 11.9. The molecule has 2 aliphatic rings. The van der Waals surface area contributed by atoms with Crippen molar-refractivity contribution < 1.29 is 5.48 Å². The van der Waals surface area contributed by atoms with E-state index >= 15 is 0 Å². The number of aromatic nitrogens is 2. The molecule has 0 saturated heterocycles. The fourth-order valence-corrected chi connectivity index (χ4v) is 16.0. The van der Waals surface area contributed by atoms with Gasteiger partial charge >= 0.3 is 0 Å². The molecule has 510 valence electrons. The Bertz CT molecular complexity index is 5940. The highest BCUT2D eigenvalue weighted by atomic mass is 15.2. The minimum Gasteiger partial charge on any atom is -0.310 e. The molecule has 4 heterocycles. The average molecular weight is 1340 g/mol. The van der Waals surface area contributed by atoms with Gasteiger partial charge in [-0.05, 0) is 189 Å². The lowest BCUT2D eigenvalue weighted by Gasteiger charge is -2.46. The highest BCUT2D eigenvalue weighted by Gasteiger charge is 2.46. The van der Waals surface area contributed by atoms with Gasteiger partial charge < -0.3 is 18.9 Å². The molecule has 0 atom stereocenters. The van der Waals surface area contributed by atoms with Gasteiger partial charge in [0.05, 0.1) is 44.5 Å². The van der Waals surface area contributed by atoms with Crippen LogP contribution < -0.4 is 26.2 Å². The van der Waals surface area contributed by atoms with Crippen LogP contribution in [0.5, 0.6) is 0 Å². The third kappa shape index (κ3) is 11.3. The number of anilines is 6. The Hall–Kier alpha value is -10.6. The molecule has 12 aromatic carbocycles. The van der Waals surface area contributed by atoms with E-state index in [0.29, 0.717) is 22.3 Å². The zero-order valence-corrected chi connectivity index (χ0v) is 63.1. The third-order valence-corrected chi connectivity index (χ3v) is 21.8. The molecule has 0 radical (unpaired) electrons. The summed E-state index contributed by atoms with van der Waals surface area (Å²) >= 11 is 0. The first kappa shape index (κ1) is 62.2. The normalized spacial score (nSPS) is 14.0. The predicted molar refractivity (Wildman–Crippen MR) is 442 cm³/mol. The lowest BCUT2D eigenvalue weighted by Crippen LogP contribution is -2.61. The number of hydrogen-bond donors (Lipinski definition) is 0. The first-order valence-electron chi connectivity index (χ1n) is 38.7. The molecule has 0 saturated carbocycles. The zero-order valence-electron chi connectivity index (χ0n) is 67.1. The summed E-state index contributed by atoms with van der Waals surface area (Å²) in [7, 11) is 0. The Morgan fingerprint density at radius 1 is 0.330 bits per heavy atom. The second-order valence-corrected chi connectivity index (χ2v) is 35.1.